The lowest BCUT2D eigenvalue weighted by Gasteiger charge is -2.14. The van der Waals surface area contributed by atoms with Crippen LogP contribution in [0.25, 0.3) is 0 Å². The summed E-state index contributed by atoms with van der Waals surface area (Å²) in [5, 5.41) is 11.1. The third kappa shape index (κ3) is 3.79. The van der Waals surface area contributed by atoms with Gasteiger partial charge < -0.3 is 5.32 Å². The van der Waals surface area contributed by atoms with Crippen LogP contribution in [0.1, 0.15) is 55.4 Å². The Kier molecular flexibility index (Phi) is 5.75. The summed E-state index contributed by atoms with van der Waals surface area (Å²) in [6.07, 6.45) is 2.90. The molecule has 1 amide bonds. The second kappa shape index (κ2) is 7.09. The van der Waals surface area contributed by atoms with E-state index in [0.717, 1.165) is 37.2 Å². The number of aromatic nitrogens is 2. The second-order valence-electron chi connectivity index (χ2n) is 4.59. The second-order valence-corrected chi connectivity index (χ2v) is 4.59. The molecule has 1 heterocycles. The van der Waals surface area contributed by atoms with Crippen molar-refractivity contribution < 1.29 is 4.79 Å². The van der Waals surface area contributed by atoms with Crippen LogP contribution in [0.15, 0.2) is 6.07 Å². The Hall–Kier alpha value is -1.45. The Labute approximate surface area is 109 Å². The fourth-order valence-corrected chi connectivity index (χ4v) is 1.88. The van der Waals surface area contributed by atoms with Crippen molar-refractivity contribution in [1.82, 2.24) is 15.5 Å². The van der Waals surface area contributed by atoms with Gasteiger partial charge in [0.2, 0.25) is 0 Å². The highest BCUT2D eigenvalue weighted by Crippen LogP contribution is 2.09. The van der Waals surface area contributed by atoms with Crippen molar-refractivity contribution in [3.63, 3.8) is 0 Å². The molecule has 0 radical (unpaired) electrons. The predicted octanol–water partition coefficient (Wildman–Crippen LogP) is 2.51. The number of nitrogens with one attached hydrogen (secondary N) is 1. The van der Waals surface area contributed by atoms with Crippen molar-refractivity contribution in [2.75, 3.05) is 6.54 Å². The van der Waals surface area contributed by atoms with Crippen LogP contribution in [0, 0.1) is 12.8 Å². The molecule has 1 N–H and O–H groups in total. The average molecular weight is 249 g/mol. The van der Waals surface area contributed by atoms with E-state index in [1.54, 1.807) is 0 Å². The fourth-order valence-electron chi connectivity index (χ4n) is 1.88. The Balaban J connectivity index is 2.74. The number of rotatable bonds is 6. The zero-order chi connectivity index (χ0) is 13.5. The van der Waals surface area contributed by atoms with E-state index in [4.69, 9.17) is 0 Å². The van der Waals surface area contributed by atoms with E-state index in [1.165, 1.54) is 0 Å². The average Bonchev–Trinajstić information content (AvgIpc) is 2.39. The maximum atomic E-state index is 12.1. The van der Waals surface area contributed by atoms with E-state index in [-0.39, 0.29) is 5.91 Å². The summed E-state index contributed by atoms with van der Waals surface area (Å²) in [7, 11) is 0. The van der Waals surface area contributed by atoms with Crippen LogP contribution in [-0.4, -0.2) is 22.6 Å². The van der Waals surface area contributed by atoms with Gasteiger partial charge in [0.25, 0.3) is 5.91 Å². The summed E-state index contributed by atoms with van der Waals surface area (Å²) in [6.45, 7) is 8.86. The molecule has 1 aromatic rings. The Morgan fingerprint density at radius 2 is 1.94 bits per heavy atom. The van der Waals surface area contributed by atoms with E-state index >= 15 is 0 Å². The van der Waals surface area contributed by atoms with Gasteiger partial charge in [-0.25, -0.2) is 0 Å². The molecule has 0 aliphatic carbocycles. The smallest absolute Gasteiger partial charge is 0.253 e. The van der Waals surface area contributed by atoms with E-state index in [0.29, 0.717) is 11.5 Å². The van der Waals surface area contributed by atoms with E-state index in [9.17, 15) is 4.79 Å². The standard InChI is InChI=1S/C14H23N3O/c1-5-11(6-2)9-15-14(18)12-8-10(4)16-17-13(12)7-3/h8,11H,5-7,9H2,1-4H3,(H,15,18). The first kappa shape index (κ1) is 14.6. The molecule has 0 saturated carbocycles. The van der Waals surface area contributed by atoms with Crippen LogP contribution in [0.3, 0.4) is 0 Å². The summed E-state index contributed by atoms with van der Waals surface area (Å²) in [5.74, 6) is 0.520. The molecule has 1 rings (SSSR count). The first-order valence-electron chi connectivity index (χ1n) is 6.73. The highest BCUT2D eigenvalue weighted by molar-refractivity contribution is 5.95. The van der Waals surface area contributed by atoms with Crippen molar-refractivity contribution in [1.29, 1.82) is 0 Å². The summed E-state index contributed by atoms with van der Waals surface area (Å²) in [4.78, 5) is 12.1. The largest absolute Gasteiger partial charge is 0.352 e. The first-order chi connectivity index (χ1) is 8.62. The lowest BCUT2D eigenvalue weighted by Crippen LogP contribution is -2.30. The van der Waals surface area contributed by atoms with Gasteiger partial charge in [-0.3, -0.25) is 4.79 Å². The monoisotopic (exact) mass is 249 g/mol. The third-order valence-corrected chi connectivity index (χ3v) is 3.28. The van der Waals surface area contributed by atoms with Crippen molar-refractivity contribution in [3.05, 3.63) is 23.0 Å². The third-order valence-electron chi connectivity index (χ3n) is 3.28. The Morgan fingerprint density at radius 1 is 1.28 bits per heavy atom. The maximum Gasteiger partial charge on any atom is 0.253 e. The lowest BCUT2D eigenvalue weighted by atomic mass is 10.0. The highest BCUT2D eigenvalue weighted by Gasteiger charge is 2.13. The molecule has 0 unspecified atom stereocenters. The molecular weight excluding hydrogens is 226 g/mol. The van der Waals surface area contributed by atoms with Crippen LogP contribution in [0.4, 0.5) is 0 Å². The number of hydrogen-bond donors (Lipinski definition) is 1. The van der Waals surface area contributed by atoms with Gasteiger partial charge in [0.05, 0.1) is 17.0 Å². The molecule has 0 aliphatic rings. The van der Waals surface area contributed by atoms with Crippen LogP contribution in [0.2, 0.25) is 0 Å². The van der Waals surface area contributed by atoms with Gasteiger partial charge in [-0.15, -0.1) is 0 Å². The van der Waals surface area contributed by atoms with Crippen LogP contribution in [0.5, 0.6) is 0 Å². The van der Waals surface area contributed by atoms with Crippen LogP contribution in [-0.2, 0) is 6.42 Å². The lowest BCUT2D eigenvalue weighted by molar-refractivity contribution is 0.0944. The van der Waals surface area contributed by atoms with Gasteiger partial charge in [-0.2, -0.15) is 10.2 Å². The number of nitrogens with zero attached hydrogens (tertiary/aromatic N) is 2. The van der Waals surface area contributed by atoms with Gasteiger partial charge in [0, 0.05) is 6.54 Å². The summed E-state index contributed by atoms with van der Waals surface area (Å²) >= 11 is 0. The fraction of sp³-hybridized carbons (Fsp3) is 0.643. The summed E-state index contributed by atoms with van der Waals surface area (Å²) < 4.78 is 0. The molecule has 0 atom stereocenters. The minimum atomic E-state index is -0.0308. The van der Waals surface area contributed by atoms with Crippen molar-refractivity contribution in [2.24, 2.45) is 5.92 Å². The molecule has 0 aromatic carbocycles. The quantitative estimate of drug-likeness (QED) is 0.842. The first-order valence-corrected chi connectivity index (χ1v) is 6.73. The minimum absolute atomic E-state index is 0.0308. The van der Waals surface area contributed by atoms with Crippen LogP contribution >= 0.6 is 0 Å². The number of carbonyl (C=O) groups is 1. The molecule has 0 spiro atoms. The minimum Gasteiger partial charge on any atom is -0.352 e. The number of carbonyl (C=O) groups excluding carboxylic acids is 1. The molecule has 100 valence electrons. The molecule has 4 heteroatoms. The van der Waals surface area contributed by atoms with Gasteiger partial charge in [-0.05, 0) is 25.3 Å². The molecule has 0 saturated heterocycles. The topological polar surface area (TPSA) is 54.9 Å². The molecule has 4 nitrogen and oxygen atoms in total. The zero-order valence-electron chi connectivity index (χ0n) is 11.8. The SMILES string of the molecule is CCc1nnc(C)cc1C(=O)NCC(CC)CC. The van der Waals surface area contributed by atoms with Crippen LogP contribution < -0.4 is 5.32 Å². The van der Waals surface area contributed by atoms with E-state index < -0.39 is 0 Å². The molecule has 0 fully saturated rings. The summed E-state index contributed by atoms with van der Waals surface area (Å²) in [6, 6.07) is 1.81. The van der Waals surface area contributed by atoms with Crippen molar-refractivity contribution >= 4 is 5.91 Å². The number of hydrogen-bond acceptors (Lipinski definition) is 3. The zero-order valence-corrected chi connectivity index (χ0v) is 11.8. The van der Waals surface area contributed by atoms with Crippen molar-refractivity contribution in [3.8, 4) is 0 Å². The normalized spacial score (nSPS) is 10.7. The number of aryl methyl sites for hydroxylation is 2. The van der Waals surface area contributed by atoms with E-state index in [1.807, 2.05) is 19.9 Å². The molecule has 1 aromatic heterocycles. The van der Waals surface area contributed by atoms with Gasteiger partial charge in [0.15, 0.2) is 0 Å². The highest BCUT2D eigenvalue weighted by atomic mass is 16.1. The summed E-state index contributed by atoms with van der Waals surface area (Å²) in [5.41, 5.74) is 2.21. The Morgan fingerprint density at radius 3 is 2.50 bits per heavy atom. The Bertz CT molecular complexity index is 400. The molecule has 18 heavy (non-hydrogen) atoms. The van der Waals surface area contributed by atoms with E-state index in [2.05, 4.69) is 29.4 Å². The molecular formula is C14H23N3O. The predicted molar refractivity (Wildman–Crippen MR) is 72.6 cm³/mol. The van der Waals surface area contributed by atoms with Gasteiger partial charge in [0.1, 0.15) is 0 Å². The van der Waals surface area contributed by atoms with Gasteiger partial charge >= 0.3 is 0 Å². The number of amides is 1. The van der Waals surface area contributed by atoms with Crippen molar-refractivity contribution in [2.45, 2.75) is 47.0 Å². The molecule has 0 bridgehead atoms. The van der Waals surface area contributed by atoms with Gasteiger partial charge in [-0.1, -0.05) is 33.6 Å². The molecule has 0 aliphatic heterocycles. The maximum absolute atomic E-state index is 12.1.